The number of pyridine rings is 1. The lowest BCUT2D eigenvalue weighted by Crippen LogP contribution is -2.47. The Morgan fingerprint density at radius 2 is 1.74 bits per heavy atom. The van der Waals surface area contributed by atoms with E-state index in [4.69, 9.17) is 0 Å². The van der Waals surface area contributed by atoms with Crippen LogP contribution in [-0.2, 0) is 15.0 Å². The highest BCUT2D eigenvalue weighted by molar-refractivity contribution is 6.09. The molecule has 0 spiro atoms. The molecule has 1 fully saturated rings. The van der Waals surface area contributed by atoms with Crippen LogP contribution in [0.3, 0.4) is 0 Å². The van der Waals surface area contributed by atoms with Crippen LogP contribution < -0.4 is 10.2 Å². The molecule has 1 N–H and O–H groups in total. The van der Waals surface area contributed by atoms with Gasteiger partial charge in [0.15, 0.2) is 0 Å². The van der Waals surface area contributed by atoms with Crippen molar-refractivity contribution in [3.8, 4) is 0 Å². The van der Waals surface area contributed by atoms with E-state index in [2.05, 4.69) is 49.3 Å². The molecule has 1 aromatic carbocycles. The maximum Gasteiger partial charge on any atom is 0.254 e. The Kier molecular flexibility index (Phi) is 8.04. The Bertz CT molecular complexity index is 1030. The Morgan fingerprint density at radius 3 is 2.34 bits per heavy atom. The van der Waals surface area contributed by atoms with Gasteiger partial charge in [-0.05, 0) is 67.7 Å². The lowest BCUT2D eigenvalue weighted by Gasteiger charge is -2.34. The smallest absolute Gasteiger partial charge is 0.254 e. The summed E-state index contributed by atoms with van der Waals surface area (Å²) in [6.45, 7) is 6.52. The number of nitrogens with one attached hydrogen (secondary N) is 1. The molecule has 2 amide bonds. The molecule has 0 aliphatic heterocycles. The molecule has 1 saturated carbocycles. The molecule has 0 bridgehead atoms. The number of carbonyl (C=O) groups excluding carboxylic acids is 2. The van der Waals surface area contributed by atoms with Crippen LogP contribution in [0, 0.1) is 0 Å². The first-order valence-electron chi connectivity index (χ1n) is 13.2. The quantitative estimate of drug-likeness (QED) is 0.528. The summed E-state index contributed by atoms with van der Waals surface area (Å²) in [5.41, 5.74) is 3.46. The van der Waals surface area contributed by atoms with Crippen LogP contribution in [0.15, 0.2) is 60.4 Å². The van der Waals surface area contributed by atoms with Gasteiger partial charge >= 0.3 is 0 Å². The van der Waals surface area contributed by atoms with Crippen molar-refractivity contribution in [3.05, 3.63) is 71.6 Å². The van der Waals surface area contributed by atoms with Gasteiger partial charge in [-0.25, -0.2) is 0 Å². The minimum absolute atomic E-state index is 0.000372. The summed E-state index contributed by atoms with van der Waals surface area (Å²) in [5.74, 6) is -0.213. The Labute approximate surface area is 210 Å². The fraction of sp³-hybridized carbons (Fsp3) is 0.500. The van der Waals surface area contributed by atoms with Crippen molar-refractivity contribution in [2.75, 3.05) is 4.90 Å². The fourth-order valence-corrected chi connectivity index (χ4v) is 5.18. The maximum atomic E-state index is 14.0. The maximum absolute atomic E-state index is 14.0. The van der Waals surface area contributed by atoms with Crippen LogP contribution in [0.25, 0.3) is 0 Å². The summed E-state index contributed by atoms with van der Waals surface area (Å²) >= 11 is 0. The predicted octanol–water partition coefficient (Wildman–Crippen LogP) is 6.40. The lowest BCUT2D eigenvalue weighted by molar-refractivity contribution is -0.126. The minimum atomic E-state index is -0.776. The van der Waals surface area contributed by atoms with Crippen LogP contribution >= 0.6 is 0 Å². The molecule has 2 aliphatic rings. The van der Waals surface area contributed by atoms with E-state index in [1.54, 1.807) is 17.3 Å². The first-order chi connectivity index (χ1) is 16.8. The second-order valence-corrected chi connectivity index (χ2v) is 11.0. The molecule has 1 heterocycles. The molecular weight excluding hydrogens is 434 g/mol. The normalized spacial score (nSPS) is 17.9. The average Bonchev–Trinajstić information content (AvgIpc) is 2.88. The van der Waals surface area contributed by atoms with E-state index in [-0.39, 0.29) is 23.3 Å². The number of allylic oxidation sites excluding steroid dienone is 1. The molecule has 2 aliphatic carbocycles. The van der Waals surface area contributed by atoms with E-state index in [1.165, 1.54) is 12.0 Å². The molecule has 0 saturated heterocycles. The van der Waals surface area contributed by atoms with E-state index < -0.39 is 6.04 Å². The number of aromatic nitrogens is 1. The Morgan fingerprint density at radius 1 is 1.00 bits per heavy atom. The summed E-state index contributed by atoms with van der Waals surface area (Å²) in [7, 11) is 0. The molecule has 1 unspecified atom stereocenters. The second kappa shape index (κ2) is 11.2. The van der Waals surface area contributed by atoms with E-state index >= 15 is 0 Å². The van der Waals surface area contributed by atoms with Crippen LogP contribution in [0.5, 0.6) is 0 Å². The van der Waals surface area contributed by atoms with Crippen molar-refractivity contribution < 1.29 is 9.59 Å². The van der Waals surface area contributed by atoms with E-state index in [0.717, 1.165) is 68.2 Å². The van der Waals surface area contributed by atoms with Crippen LogP contribution in [-0.4, -0.2) is 22.8 Å². The second-order valence-electron chi connectivity index (χ2n) is 11.0. The van der Waals surface area contributed by atoms with Gasteiger partial charge in [0.25, 0.3) is 5.91 Å². The summed E-state index contributed by atoms with van der Waals surface area (Å²) in [6.07, 6.45) is 14.7. The number of hydrogen-bond donors (Lipinski definition) is 1. The van der Waals surface area contributed by atoms with Crippen LogP contribution in [0.4, 0.5) is 5.69 Å². The van der Waals surface area contributed by atoms with Gasteiger partial charge in [0.2, 0.25) is 5.91 Å². The van der Waals surface area contributed by atoms with Gasteiger partial charge in [0.05, 0.1) is 0 Å². The monoisotopic (exact) mass is 473 g/mol. The third-order valence-corrected chi connectivity index (χ3v) is 7.25. The molecule has 0 radical (unpaired) electrons. The molecular formula is C30H39N3O2. The first-order valence-corrected chi connectivity index (χ1v) is 13.2. The molecule has 1 aromatic heterocycles. The van der Waals surface area contributed by atoms with Crippen molar-refractivity contribution in [3.63, 3.8) is 0 Å². The number of carbonyl (C=O) groups is 2. The summed E-state index contributed by atoms with van der Waals surface area (Å²) in [4.78, 5) is 33.9. The fourth-order valence-electron chi connectivity index (χ4n) is 5.18. The lowest BCUT2D eigenvalue weighted by atomic mass is 9.87. The van der Waals surface area contributed by atoms with Crippen molar-refractivity contribution in [1.29, 1.82) is 0 Å². The van der Waals surface area contributed by atoms with Gasteiger partial charge in [0.1, 0.15) is 6.04 Å². The Balaban J connectivity index is 1.76. The minimum Gasteiger partial charge on any atom is -0.351 e. The van der Waals surface area contributed by atoms with Gasteiger partial charge in [-0.2, -0.15) is 0 Å². The van der Waals surface area contributed by atoms with Crippen molar-refractivity contribution in [2.24, 2.45) is 0 Å². The van der Waals surface area contributed by atoms with E-state index in [1.807, 2.05) is 24.3 Å². The molecule has 186 valence electrons. The molecule has 5 heteroatoms. The highest BCUT2D eigenvalue weighted by Crippen LogP contribution is 2.33. The van der Waals surface area contributed by atoms with Crippen LogP contribution in [0.2, 0.25) is 0 Å². The third kappa shape index (κ3) is 6.19. The van der Waals surface area contributed by atoms with Crippen molar-refractivity contribution in [2.45, 2.75) is 96.1 Å². The summed E-state index contributed by atoms with van der Waals surface area (Å²) in [5, 5.41) is 3.28. The van der Waals surface area contributed by atoms with E-state index in [0.29, 0.717) is 0 Å². The molecule has 35 heavy (non-hydrogen) atoms. The highest BCUT2D eigenvalue weighted by Gasteiger charge is 2.35. The van der Waals surface area contributed by atoms with Crippen LogP contribution in [0.1, 0.15) is 95.7 Å². The van der Waals surface area contributed by atoms with Gasteiger partial charge in [0, 0.05) is 35.3 Å². The van der Waals surface area contributed by atoms with Gasteiger partial charge in [-0.1, -0.05) is 64.3 Å². The largest absolute Gasteiger partial charge is 0.351 e. The number of anilines is 1. The van der Waals surface area contributed by atoms with Crippen molar-refractivity contribution >= 4 is 17.5 Å². The highest BCUT2D eigenvalue weighted by atomic mass is 16.2. The topological polar surface area (TPSA) is 62.3 Å². The molecule has 2 aromatic rings. The predicted molar refractivity (Wildman–Crippen MR) is 141 cm³/mol. The summed E-state index contributed by atoms with van der Waals surface area (Å²) in [6, 6.07) is 11.2. The van der Waals surface area contributed by atoms with Gasteiger partial charge in [-0.15, -0.1) is 0 Å². The molecule has 1 atom stereocenters. The molecule has 4 rings (SSSR count). The number of hydrogen-bond acceptors (Lipinski definition) is 3. The SMILES string of the molecule is CC(C)(C)c1ccc(N(C(=O)C2=CCCCC2)C(C(=O)NC2CCCCC2)c2cccnc2)cc1. The number of rotatable bonds is 6. The van der Waals surface area contributed by atoms with Gasteiger partial charge in [-0.3, -0.25) is 19.5 Å². The zero-order valence-electron chi connectivity index (χ0n) is 21.4. The summed E-state index contributed by atoms with van der Waals surface area (Å²) < 4.78 is 0. The number of nitrogens with zero attached hydrogens (tertiary/aromatic N) is 2. The third-order valence-electron chi connectivity index (χ3n) is 7.25. The zero-order valence-corrected chi connectivity index (χ0v) is 21.4. The number of benzene rings is 1. The average molecular weight is 474 g/mol. The van der Waals surface area contributed by atoms with Crippen molar-refractivity contribution in [1.82, 2.24) is 10.3 Å². The standard InChI is InChI=1S/C30H39N3O2/c1-30(2,3)24-16-18-26(19-17-24)33(29(35)22-11-6-4-7-12-22)27(23-13-10-20-31-21-23)28(34)32-25-14-8-5-9-15-25/h10-11,13,16-21,25,27H,4-9,12,14-15H2,1-3H3,(H,32,34). The Hall–Kier alpha value is -2.95. The zero-order chi connectivity index (χ0) is 24.8. The van der Waals surface area contributed by atoms with E-state index in [9.17, 15) is 9.59 Å². The van der Waals surface area contributed by atoms with Gasteiger partial charge < -0.3 is 5.32 Å². The number of amides is 2. The molecule has 5 nitrogen and oxygen atoms in total. The first kappa shape index (κ1) is 25.2.